The molecular weight excluding hydrogens is 214 g/mol. The van der Waals surface area contributed by atoms with Crippen molar-refractivity contribution in [1.29, 1.82) is 0 Å². The minimum absolute atomic E-state index is 0.102. The van der Waals surface area contributed by atoms with Crippen molar-refractivity contribution in [3.8, 4) is 0 Å². The van der Waals surface area contributed by atoms with E-state index in [2.05, 4.69) is 0 Å². The van der Waals surface area contributed by atoms with E-state index in [1.807, 2.05) is 18.2 Å². The highest BCUT2D eigenvalue weighted by Gasteiger charge is 2.25. The second-order valence-electron chi connectivity index (χ2n) is 4.26. The lowest BCUT2D eigenvalue weighted by molar-refractivity contribution is 0.103. The summed E-state index contributed by atoms with van der Waals surface area (Å²) in [6, 6.07) is 8.99. The fraction of sp³-hybridized carbons (Fsp3) is 0.154. The minimum atomic E-state index is -0.954. The average molecular weight is 229 g/mol. The Hall–Kier alpha value is -1.91. The molecule has 1 aliphatic carbocycles. The number of Topliss-reactive ketones (excluding diaryl/α,β-unsaturated/α-hetero) is 1. The van der Waals surface area contributed by atoms with E-state index in [-0.39, 0.29) is 12.2 Å². The molecule has 1 aliphatic rings. The molecule has 0 aromatic heterocycles. The quantitative estimate of drug-likeness (QED) is 0.512. The van der Waals surface area contributed by atoms with Gasteiger partial charge in [-0.25, -0.2) is 0 Å². The number of carbonyl (C=O) groups excluding carboxylic acids is 1. The maximum absolute atomic E-state index is 12.2. The maximum Gasteiger partial charge on any atom is 0.194 e. The number of allylic oxidation sites excluding steroid dienone is 2. The molecular formula is C13H15N3O. The number of ketones is 1. The lowest BCUT2D eigenvalue weighted by Crippen LogP contribution is -2.49. The van der Waals surface area contributed by atoms with Crippen molar-refractivity contribution in [2.24, 2.45) is 17.2 Å². The molecule has 0 fully saturated rings. The lowest BCUT2D eigenvalue weighted by Gasteiger charge is -2.25. The van der Waals surface area contributed by atoms with Gasteiger partial charge in [0.25, 0.3) is 0 Å². The number of hydrogen-bond acceptors (Lipinski definition) is 4. The molecule has 4 heteroatoms. The molecule has 1 aromatic carbocycles. The maximum atomic E-state index is 12.2. The monoisotopic (exact) mass is 229 g/mol. The zero-order valence-electron chi connectivity index (χ0n) is 9.39. The summed E-state index contributed by atoms with van der Waals surface area (Å²) in [5.41, 5.74) is 17.9. The van der Waals surface area contributed by atoms with Crippen LogP contribution in [0.3, 0.4) is 0 Å². The topological polar surface area (TPSA) is 95.1 Å². The molecule has 6 N–H and O–H groups in total. The number of rotatable bonds is 2. The Morgan fingerprint density at radius 3 is 2.41 bits per heavy atom. The van der Waals surface area contributed by atoms with Crippen molar-refractivity contribution in [2.45, 2.75) is 12.1 Å². The molecule has 4 nitrogen and oxygen atoms in total. The summed E-state index contributed by atoms with van der Waals surface area (Å²) in [4.78, 5) is 12.2. The Balaban J connectivity index is 2.31. The second-order valence-corrected chi connectivity index (χ2v) is 4.26. The summed E-state index contributed by atoms with van der Waals surface area (Å²) in [5.74, 6) is -0.102. The predicted molar refractivity (Wildman–Crippen MR) is 66.8 cm³/mol. The molecule has 88 valence electrons. The average Bonchev–Trinajstić information content (AvgIpc) is 2.28. The molecule has 17 heavy (non-hydrogen) atoms. The molecule has 0 spiro atoms. The third-order valence-electron chi connectivity index (χ3n) is 2.68. The number of hydrogen-bond donors (Lipinski definition) is 3. The van der Waals surface area contributed by atoms with Crippen LogP contribution in [0.5, 0.6) is 0 Å². The van der Waals surface area contributed by atoms with Crippen LogP contribution in [-0.4, -0.2) is 11.4 Å². The van der Waals surface area contributed by atoms with Gasteiger partial charge in [-0.3, -0.25) is 4.79 Å². The molecule has 0 bridgehead atoms. The zero-order chi connectivity index (χ0) is 12.5. The Kier molecular flexibility index (Phi) is 2.83. The van der Waals surface area contributed by atoms with Crippen LogP contribution in [0.4, 0.5) is 0 Å². The summed E-state index contributed by atoms with van der Waals surface area (Å²) >= 11 is 0. The number of benzene rings is 1. The Labute approximate surface area is 99.8 Å². The van der Waals surface area contributed by atoms with Gasteiger partial charge in [-0.05, 0) is 6.08 Å². The Morgan fingerprint density at radius 2 is 1.82 bits per heavy atom. The van der Waals surface area contributed by atoms with Gasteiger partial charge >= 0.3 is 0 Å². The van der Waals surface area contributed by atoms with Crippen LogP contribution >= 0.6 is 0 Å². The summed E-state index contributed by atoms with van der Waals surface area (Å²) in [6.07, 6.45) is 3.51. The smallest absolute Gasteiger partial charge is 0.194 e. The van der Waals surface area contributed by atoms with Crippen molar-refractivity contribution in [2.75, 3.05) is 0 Å². The number of carbonyl (C=O) groups is 1. The molecule has 0 amide bonds. The Bertz CT molecular complexity index is 501. The van der Waals surface area contributed by atoms with Gasteiger partial charge in [0.05, 0.1) is 5.66 Å². The predicted octanol–water partition coefficient (Wildman–Crippen LogP) is 0.656. The van der Waals surface area contributed by atoms with Gasteiger partial charge in [0.2, 0.25) is 0 Å². The van der Waals surface area contributed by atoms with Crippen LogP contribution in [0.25, 0.3) is 0 Å². The first-order chi connectivity index (χ1) is 7.99. The van der Waals surface area contributed by atoms with Gasteiger partial charge in [0.1, 0.15) is 0 Å². The summed E-state index contributed by atoms with van der Waals surface area (Å²) in [6.45, 7) is 0. The summed E-state index contributed by atoms with van der Waals surface area (Å²) < 4.78 is 0. The van der Waals surface area contributed by atoms with E-state index in [1.54, 1.807) is 24.3 Å². The highest BCUT2D eigenvalue weighted by molar-refractivity contribution is 6.11. The molecule has 0 radical (unpaired) electrons. The molecule has 0 saturated carbocycles. The van der Waals surface area contributed by atoms with Crippen molar-refractivity contribution in [1.82, 2.24) is 0 Å². The summed E-state index contributed by atoms with van der Waals surface area (Å²) in [7, 11) is 0. The van der Waals surface area contributed by atoms with Crippen LogP contribution in [0, 0.1) is 0 Å². The second kappa shape index (κ2) is 4.16. The highest BCUT2D eigenvalue weighted by atomic mass is 16.1. The largest absolute Gasteiger partial charge is 0.401 e. The first kappa shape index (κ1) is 11.6. The normalized spacial score (nSPS) is 18.2. The van der Waals surface area contributed by atoms with Gasteiger partial charge in [-0.15, -0.1) is 0 Å². The van der Waals surface area contributed by atoms with E-state index in [0.717, 1.165) is 0 Å². The zero-order valence-corrected chi connectivity index (χ0v) is 9.39. The van der Waals surface area contributed by atoms with E-state index in [4.69, 9.17) is 17.2 Å². The van der Waals surface area contributed by atoms with Gasteiger partial charge < -0.3 is 17.2 Å². The van der Waals surface area contributed by atoms with Crippen LogP contribution in [0.15, 0.2) is 53.8 Å². The Morgan fingerprint density at radius 1 is 1.18 bits per heavy atom. The SMILES string of the molecule is NC1=C(C(=O)c2ccccc2)C=CC(N)(N)C1. The van der Waals surface area contributed by atoms with Gasteiger partial charge in [0.15, 0.2) is 5.78 Å². The van der Waals surface area contributed by atoms with Gasteiger partial charge in [0, 0.05) is 23.3 Å². The van der Waals surface area contributed by atoms with E-state index in [9.17, 15) is 4.79 Å². The first-order valence-electron chi connectivity index (χ1n) is 5.35. The van der Waals surface area contributed by atoms with Crippen LogP contribution in [0.2, 0.25) is 0 Å². The van der Waals surface area contributed by atoms with Crippen molar-refractivity contribution >= 4 is 5.78 Å². The molecule has 0 saturated heterocycles. The van der Waals surface area contributed by atoms with Gasteiger partial charge in [-0.2, -0.15) is 0 Å². The highest BCUT2D eigenvalue weighted by Crippen LogP contribution is 2.21. The van der Waals surface area contributed by atoms with Crippen LogP contribution in [0.1, 0.15) is 16.8 Å². The first-order valence-corrected chi connectivity index (χ1v) is 5.35. The lowest BCUT2D eigenvalue weighted by atomic mass is 9.91. The van der Waals surface area contributed by atoms with E-state index in [1.165, 1.54) is 0 Å². The van der Waals surface area contributed by atoms with Gasteiger partial charge in [-0.1, -0.05) is 36.4 Å². The fourth-order valence-corrected chi connectivity index (χ4v) is 1.80. The third kappa shape index (κ3) is 2.43. The standard InChI is InChI=1S/C13H15N3O/c14-11-8-13(15,16)7-6-10(11)12(17)9-4-2-1-3-5-9/h1-7H,8,14-16H2. The fourth-order valence-electron chi connectivity index (χ4n) is 1.80. The molecule has 0 aliphatic heterocycles. The van der Waals surface area contributed by atoms with Crippen LogP contribution < -0.4 is 17.2 Å². The van der Waals surface area contributed by atoms with E-state index < -0.39 is 5.66 Å². The minimum Gasteiger partial charge on any atom is -0.401 e. The molecule has 0 atom stereocenters. The van der Waals surface area contributed by atoms with Crippen molar-refractivity contribution in [3.63, 3.8) is 0 Å². The molecule has 2 rings (SSSR count). The van der Waals surface area contributed by atoms with Crippen LogP contribution in [-0.2, 0) is 0 Å². The molecule has 0 unspecified atom stereocenters. The number of nitrogens with two attached hydrogens (primary N) is 3. The molecule has 0 heterocycles. The molecule has 1 aromatic rings. The van der Waals surface area contributed by atoms with Crippen molar-refractivity contribution < 1.29 is 4.79 Å². The third-order valence-corrected chi connectivity index (χ3v) is 2.68. The van der Waals surface area contributed by atoms with E-state index in [0.29, 0.717) is 16.8 Å². The van der Waals surface area contributed by atoms with E-state index >= 15 is 0 Å². The summed E-state index contributed by atoms with van der Waals surface area (Å²) in [5, 5.41) is 0. The van der Waals surface area contributed by atoms with Crippen molar-refractivity contribution in [3.05, 3.63) is 59.3 Å².